The summed E-state index contributed by atoms with van der Waals surface area (Å²) in [5, 5.41) is 3.18. The summed E-state index contributed by atoms with van der Waals surface area (Å²) >= 11 is 0. The number of hydrogen-bond donors (Lipinski definition) is 2. The van der Waals surface area contributed by atoms with Crippen LogP contribution < -0.4 is 15.8 Å². The molecule has 0 amide bonds. The van der Waals surface area contributed by atoms with Gasteiger partial charge in [0, 0.05) is 19.2 Å². The highest BCUT2D eigenvalue weighted by atomic mass is 19.1. The van der Waals surface area contributed by atoms with E-state index >= 15 is 0 Å². The second-order valence-electron chi connectivity index (χ2n) is 4.61. The normalized spacial score (nSPS) is 23.7. The molecule has 0 aliphatic carbocycles. The summed E-state index contributed by atoms with van der Waals surface area (Å²) in [6.45, 7) is 1.65. The zero-order valence-electron chi connectivity index (χ0n) is 10.5. The third kappa shape index (κ3) is 2.73. The molecular weight excluding hydrogens is 235 g/mol. The first-order valence-electron chi connectivity index (χ1n) is 6.09. The standard InChI is InChI=1S/C13H19FN2O2/c1-17-10-3-4-11(14)12(7-10)16-13(8-15)5-2-6-18-9-13/h3-4,7,16H,2,5-6,8-9,15H2,1H3. The lowest BCUT2D eigenvalue weighted by atomic mass is 9.92. The number of anilines is 1. The third-order valence-corrected chi connectivity index (χ3v) is 3.29. The molecule has 5 heteroatoms. The number of rotatable bonds is 4. The van der Waals surface area contributed by atoms with Crippen molar-refractivity contribution >= 4 is 5.69 Å². The molecule has 100 valence electrons. The number of nitrogens with one attached hydrogen (secondary N) is 1. The Morgan fingerprint density at radius 3 is 3.00 bits per heavy atom. The number of benzene rings is 1. The topological polar surface area (TPSA) is 56.5 Å². The Morgan fingerprint density at radius 1 is 1.56 bits per heavy atom. The van der Waals surface area contributed by atoms with Crippen molar-refractivity contribution in [3.8, 4) is 5.75 Å². The van der Waals surface area contributed by atoms with Gasteiger partial charge < -0.3 is 20.5 Å². The SMILES string of the molecule is COc1ccc(F)c(NC2(CN)CCCOC2)c1. The van der Waals surface area contributed by atoms with Gasteiger partial charge in [0.15, 0.2) is 0 Å². The molecule has 0 aromatic heterocycles. The molecule has 1 saturated heterocycles. The molecule has 18 heavy (non-hydrogen) atoms. The highest BCUT2D eigenvalue weighted by Gasteiger charge is 2.32. The second-order valence-corrected chi connectivity index (χ2v) is 4.61. The van der Waals surface area contributed by atoms with E-state index in [2.05, 4.69) is 5.32 Å². The van der Waals surface area contributed by atoms with Gasteiger partial charge in [-0.3, -0.25) is 0 Å². The van der Waals surface area contributed by atoms with Crippen LogP contribution in [0.3, 0.4) is 0 Å². The summed E-state index contributed by atoms with van der Waals surface area (Å²) < 4.78 is 24.3. The molecule has 0 saturated carbocycles. The van der Waals surface area contributed by atoms with Crippen LogP contribution in [0.2, 0.25) is 0 Å². The van der Waals surface area contributed by atoms with E-state index in [0.717, 1.165) is 19.4 Å². The van der Waals surface area contributed by atoms with Crippen LogP contribution in [0, 0.1) is 5.82 Å². The van der Waals surface area contributed by atoms with Gasteiger partial charge in [-0.15, -0.1) is 0 Å². The van der Waals surface area contributed by atoms with Crippen molar-refractivity contribution in [2.45, 2.75) is 18.4 Å². The molecule has 1 aliphatic rings. The first-order chi connectivity index (χ1) is 8.69. The molecule has 1 fully saturated rings. The third-order valence-electron chi connectivity index (χ3n) is 3.29. The highest BCUT2D eigenvalue weighted by molar-refractivity contribution is 5.51. The number of methoxy groups -OCH3 is 1. The van der Waals surface area contributed by atoms with Crippen LogP contribution in [-0.2, 0) is 4.74 Å². The van der Waals surface area contributed by atoms with Crippen molar-refractivity contribution in [2.75, 3.05) is 32.2 Å². The Labute approximate surface area is 106 Å². The minimum atomic E-state index is -0.383. The quantitative estimate of drug-likeness (QED) is 0.859. The molecule has 1 aromatic rings. The van der Waals surface area contributed by atoms with Gasteiger partial charge in [0.1, 0.15) is 11.6 Å². The van der Waals surface area contributed by atoms with Crippen molar-refractivity contribution in [1.82, 2.24) is 0 Å². The van der Waals surface area contributed by atoms with E-state index < -0.39 is 0 Å². The van der Waals surface area contributed by atoms with Gasteiger partial charge in [-0.05, 0) is 25.0 Å². The van der Waals surface area contributed by atoms with Gasteiger partial charge >= 0.3 is 0 Å². The summed E-state index contributed by atoms with van der Waals surface area (Å²) in [4.78, 5) is 0. The van der Waals surface area contributed by atoms with E-state index in [1.54, 1.807) is 19.2 Å². The van der Waals surface area contributed by atoms with Crippen LogP contribution in [0.4, 0.5) is 10.1 Å². The predicted octanol–water partition coefficient (Wildman–Crippen LogP) is 1.75. The van der Waals surface area contributed by atoms with Crippen molar-refractivity contribution in [2.24, 2.45) is 5.73 Å². The van der Waals surface area contributed by atoms with Gasteiger partial charge in [-0.1, -0.05) is 0 Å². The summed E-state index contributed by atoms with van der Waals surface area (Å²) in [6.07, 6.45) is 1.80. The van der Waals surface area contributed by atoms with Crippen LogP contribution >= 0.6 is 0 Å². The van der Waals surface area contributed by atoms with Gasteiger partial charge in [0.2, 0.25) is 0 Å². The Bertz CT molecular complexity index is 406. The minimum absolute atomic E-state index is 0.311. The summed E-state index contributed by atoms with van der Waals surface area (Å²) in [5.74, 6) is 0.303. The summed E-state index contributed by atoms with van der Waals surface area (Å²) in [5.41, 5.74) is 5.83. The number of hydrogen-bond acceptors (Lipinski definition) is 4. The van der Waals surface area contributed by atoms with Crippen molar-refractivity contribution < 1.29 is 13.9 Å². The molecule has 1 unspecified atom stereocenters. The largest absolute Gasteiger partial charge is 0.497 e. The fourth-order valence-corrected chi connectivity index (χ4v) is 2.18. The van der Waals surface area contributed by atoms with Crippen LogP contribution in [0.15, 0.2) is 18.2 Å². The van der Waals surface area contributed by atoms with E-state index in [1.807, 2.05) is 0 Å². The monoisotopic (exact) mass is 254 g/mol. The van der Waals surface area contributed by atoms with Crippen LogP contribution in [0.5, 0.6) is 5.75 Å². The van der Waals surface area contributed by atoms with Gasteiger partial charge in [-0.25, -0.2) is 4.39 Å². The van der Waals surface area contributed by atoms with E-state index in [0.29, 0.717) is 24.6 Å². The number of halogens is 1. The fourth-order valence-electron chi connectivity index (χ4n) is 2.18. The Hall–Kier alpha value is -1.33. The summed E-state index contributed by atoms with van der Waals surface area (Å²) in [6, 6.07) is 4.61. The van der Waals surface area contributed by atoms with Gasteiger partial charge in [0.25, 0.3) is 0 Å². The maximum Gasteiger partial charge on any atom is 0.146 e. The lowest BCUT2D eigenvalue weighted by Gasteiger charge is -2.37. The van der Waals surface area contributed by atoms with E-state index in [9.17, 15) is 4.39 Å². The Morgan fingerprint density at radius 2 is 2.39 bits per heavy atom. The summed E-state index contributed by atoms with van der Waals surface area (Å²) in [7, 11) is 1.55. The van der Waals surface area contributed by atoms with Crippen LogP contribution in [0.25, 0.3) is 0 Å². The van der Waals surface area contributed by atoms with E-state index in [-0.39, 0.29) is 11.4 Å². The molecule has 0 bridgehead atoms. The smallest absolute Gasteiger partial charge is 0.146 e. The average molecular weight is 254 g/mol. The molecule has 1 aromatic carbocycles. The maximum absolute atomic E-state index is 13.8. The second kappa shape index (κ2) is 5.54. The molecular formula is C13H19FN2O2. The van der Waals surface area contributed by atoms with Crippen molar-refractivity contribution in [3.05, 3.63) is 24.0 Å². The molecule has 0 radical (unpaired) electrons. The first-order valence-corrected chi connectivity index (χ1v) is 6.09. The molecule has 4 nitrogen and oxygen atoms in total. The average Bonchev–Trinajstić information content (AvgIpc) is 2.42. The van der Waals surface area contributed by atoms with Gasteiger partial charge in [-0.2, -0.15) is 0 Å². The molecule has 1 heterocycles. The maximum atomic E-state index is 13.8. The Kier molecular flexibility index (Phi) is 4.04. The van der Waals surface area contributed by atoms with E-state index in [4.69, 9.17) is 15.2 Å². The number of ether oxygens (including phenoxy) is 2. The molecule has 1 aliphatic heterocycles. The van der Waals surface area contributed by atoms with E-state index in [1.165, 1.54) is 6.07 Å². The highest BCUT2D eigenvalue weighted by Crippen LogP contribution is 2.28. The minimum Gasteiger partial charge on any atom is -0.497 e. The Balaban J connectivity index is 2.20. The first kappa shape index (κ1) is 13.1. The molecule has 3 N–H and O–H groups in total. The zero-order chi connectivity index (χ0) is 13.0. The lowest BCUT2D eigenvalue weighted by Crippen LogP contribution is -2.52. The zero-order valence-corrected chi connectivity index (χ0v) is 10.5. The fraction of sp³-hybridized carbons (Fsp3) is 0.538. The molecule has 0 spiro atoms. The number of nitrogens with two attached hydrogens (primary N) is 1. The van der Waals surface area contributed by atoms with Crippen molar-refractivity contribution in [3.63, 3.8) is 0 Å². The van der Waals surface area contributed by atoms with Crippen LogP contribution in [0.1, 0.15) is 12.8 Å². The van der Waals surface area contributed by atoms with Gasteiger partial charge in [0.05, 0.1) is 24.9 Å². The molecule has 1 atom stereocenters. The lowest BCUT2D eigenvalue weighted by molar-refractivity contribution is 0.0501. The predicted molar refractivity (Wildman–Crippen MR) is 68.4 cm³/mol. The molecule has 2 rings (SSSR count). The van der Waals surface area contributed by atoms with Crippen molar-refractivity contribution in [1.29, 1.82) is 0 Å². The van der Waals surface area contributed by atoms with Crippen LogP contribution in [-0.4, -0.2) is 32.4 Å².